The van der Waals surface area contributed by atoms with Crippen LogP contribution < -0.4 is 0 Å². The maximum atomic E-state index is 12.1. The van der Waals surface area contributed by atoms with Crippen LogP contribution in [0.1, 0.15) is 52.4 Å². The highest BCUT2D eigenvalue weighted by Gasteiger charge is 2.26. The van der Waals surface area contributed by atoms with Gasteiger partial charge in [-0.2, -0.15) is 12.6 Å². The summed E-state index contributed by atoms with van der Waals surface area (Å²) in [7, 11) is 1.95. The van der Waals surface area contributed by atoms with Gasteiger partial charge < -0.3 is 4.90 Å². The Morgan fingerprint density at radius 1 is 1.19 bits per heavy atom. The summed E-state index contributed by atoms with van der Waals surface area (Å²) in [6.07, 6.45) is 7.52. The molecule has 1 amide bonds. The Morgan fingerprint density at radius 2 is 1.69 bits per heavy atom. The Morgan fingerprint density at radius 3 is 2.12 bits per heavy atom. The van der Waals surface area contributed by atoms with Crippen LogP contribution in [0.3, 0.4) is 0 Å². The number of amides is 1. The van der Waals surface area contributed by atoms with Crippen LogP contribution in [0.4, 0.5) is 0 Å². The minimum atomic E-state index is -0.145. The second-order valence-corrected chi connectivity index (χ2v) is 5.84. The quantitative estimate of drug-likeness (QED) is 0.596. The molecule has 1 aliphatic rings. The van der Waals surface area contributed by atoms with Crippen LogP contribution in [0.25, 0.3) is 0 Å². The Hall–Kier alpha value is -0.180. The Bertz CT molecular complexity index is 222. The van der Waals surface area contributed by atoms with Gasteiger partial charge in [0.25, 0.3) is 0 Å². The lowest BCUT2D eigenvalue weighted by molar-refractivity contribution is -0.132. The van der Waals surface area contributed by atoms with E-state index >= 15 is 0 Å². The molecule has 94 valence electrons. The van der Waals surface area contributed by atoms with Crippen LogP contribution in [-0.2, 0) is 4.79 Å². The first-order valence-electron chi connectivity index (χ1n) is 6.48. The lowest BCUT2D eigenvalue weighted by Gasteiger charge is -2.30. The van der Waals surface area contributed by atoms with Crippen molar-refractivity contribution in [2.45, 2.75) is 63.7 Å². The van der Waals surface area contributed by atoms with Gasteiger partial charge in [-0.05, 0) is 18.8 Å². The van der Waals surface area contributed by atoms with E-state index in [1.165, 1.54) is 38.5 Å². The first-order chi connectivity index (χ1) is 7.54. The zero-order chi connectivity index (χ0) is 12.1. The van der Waals surface area contributed by atoms with Gasteiger partial charge in [-0.15, -0.1) is 0 Å². The molecular weight excluding hydrogens is 218 g/mol. The molecule has 0 heterocycles. The first-order valence-corrected chi connectivity index (χ1v) is 7.00. The maximum Gasteiger partial charge on any atom is 0.235 e. The van der Waals surface area contributed by atoms with Crippen LogP contribution in [0.2, 0.25) is 0 Å². The van der Waals surface area contributed by atoms with Gasteiger partial charge in [0, 0.05) is 13.1 Å². The van der Waals surface area contributed by atoms with Crippen LogP contribution in [-0.4, -0.2) is 29.1 Å². The summed E-state index contributed by atoms with van der Waals surface area (Å²) in [5, 5.41) is -0.145. The highest BCUT2D eigenvalue weighted by atomic mass is 32.1. The fourth-order valence-corrected chi connectivity index (χ4v) is 2.50. The SMILES string of the molecule is CC(C)C(S)C(=O)N(C)C1CCCCCC1. The van der Waals surface area contributed by atoms with Gasteiger partial charge in [0.15, 0.2) is 0 Å². The van der Waals surface area contributed by atoms with Gasteiger partial charge in [0.1, 0.15) is 0 Å². The van der Waals surface area contributed by atoms with Gasteiger partial charge in [0.2, 0.25) is 5.91 Å². The zero-order valence-corrected chi connectivity index (χ0v) is 11.7. The van der Waals surface area contributed by atoms with E-state index in [2.05, 4.69) is 26.5 Å². The molecule has 0 aliphatic heterocycles. The van der Waals surface area contributed by atoms with Gasteiger partial charge >= 0.3 is 0 Å². The molecule has 0 aromatic heterocycles. The lowest BCUT2D eigenvalue weighted by Crippen LogP contribution is -2.42. The Balaban J connectivity index is 2.54. The summed E-state index contributed by atoms with van der Waals surface area (Å²) in [5.74, 6) is 0.509. The minimum absolute atomic E-state index is 0.145. The summed E-state index contributed by atoms with van der Waals surface area (Å²) in [6.45, 7) is 4.10. The molecule has 1 atom stereocenters. The van der Waals surface area contributed by atoms with Gasteiger partial charge in [-0.25, -0.2) is 0 Å². The number of nitrogens with zero attached hydrogens (tertiary/aromatic N) is 1. The van der Waals surface area contributed by atoms with Crippen LogP contribution in [0, 0.1) is 5.92 Å². The third kappa shape index (κ3) is 3.69. The van der Waals surface area contributed by atoms with Crippen molar-refractivity contribution in [3.63, 3.8) is 0 Å². The molecular formula is C13H25NOS. The van der Waals surface area contributed by atoms with E-state index in [1.54, 1.807) is 0 Å². The van der Waals surface area contributed by atoms with Crippen molar-refractivity contribution >= 4 is 18.5 Å². The smallest absolute Gasteiger partial charge is 0.235 e. The Labute approximate surface area is 105 Å². The van der Waals surface area contributed by atoms with Gasteiger partial charge in [-0.3, -0.25) is 4.79 Å². The molecule has 1 unspecified atom stereocenters. The molecule has 0 spiro atoms. The lowest BCUT2D eigenvalue weighted by atomic mass is 10.0. The molecule has 0 bridgehead atoms. The highest BCUT2D eigenvalue weighted by Crippen LogP contribution is 2.23. The van der Waals surface area contributed by atoms with E-state index in [9.17, 15) is 4.79 Å². The van der Waals surface area contributed by atoms with Crippen molar-refractivity contribution in [3.8, 4) is 0 Å². The zero-order valence-electron chi connectivity index (χ0n) is 10.8. The standard InChI is InChI=1S/C13H25NOS/c1-10(2)12(16)13(15)14(3)11-8-6-4-5-7-9-11/h10-12,16H,4-9H2,1-3H3. The van der Waals surface area contributed by atoms with Crippen LogP contribution in [0.5, 0.6) is 0 Å². The molecule has 0 aromatic carbocycles. The van der Waals surface area contributed by atoms with Crippen molar-refractivity contribution in [2.75, 3.05) is 7.05 Å². The van der Waals surface area contributed by atoms with Crippen molar-refractivity contribution < 1.29 is 4.79 Å². The third-order valence-electron chi connectivity index (χ3n) is 3.60. The van der Waals surface area contributed by atoms with Gasteiger partial charge in [0.05, 0.1) is 5.25 Å². The molecule has 1 saturated carbocycles. The first kappa shape index (κ1) is 13.9. The average Bonchev–Trinajstić information content (AvgIpc) is 2.54. The molecule has 1 fully saturated rings. The summed E-state index contributed by atoms with van der Waals surface area (Å²) in [4.78, 5) is 14.1. The van der Waals surface area contributed by atoms with Crippen molar-refractivity contribution in [1.29, 1.82) is 0 Å². The number of thiol groups is 1. The molecule has 0 radical (unpaired) electrons. The normalized spacial score (nSPS) is 20.6. The highest BCUT2D eigenvalue weighted by molar-refractivity contribution is 7.81. The molecule has 0 aromatic rings. The number of carbonyl (C=O) groups is 1. The predicted molar refractivity (Wildman–Crippen MR) is 71.9 cm³/mol. The third-order valence-corrected chi connectivity index (χ3v) is 4.42. The van der Waals surface area contributed by atoms with Crippen LogP contribution in [0.15, 0.2) is 0 Å². The number of rotatable bonds is 3. The monoisotopic (exact) mass is 243 g/mol. The largest absolute Gasteiger partial charge is 0.342 e. The van der Waals surface area contributed by atoms with Crippen molar-refractivity contribution in [3.05, 3.63) is 0 Å². The molecule has 16 heavy (non-hydrogen) atoms. The second-order valence-electron chi connectivity index (χ2n) is 5.28. The summed E-state index contributed by atoms with van der Waals surface area (Å²) in [5.41, 5.74) is 0. The molecule has 3 heteroatoms. The Kier molecular flexibility index (Phi) is 5.67. The minimum Gasteiger partial charge on any atom is -0.342 e. The van der Waals surface area contributed by atoms with E-state index < -0.39 is 0 Å². The fourth-order valence-electron chi connectivity index (χ4n) is 2.32. The molecule has 0 N–H and O–H groups in total. The molecule has 1 aliphatic carbocycles. The number of hydrogen-bond acceptors (Lipinski definition) is 2. The van der Waals surface area contributed by atoms with E-state index in [-0.39, 0.29) is 11.2 Å². The maximum absolute atomic E-state index is 12.1. The van der Waals surface area contributed by atoms with Crippen molar-refractivity contribution in [1.82, 2.24) is 4.90 Å². The summed E-state index contributed by atoms with van der Waals surface area (Å²) in [6, 6.07) is 0.448. The van der Waals surface area contributed by atoms with E-state index in [1.807, 2.05) is 11.9 Å². The predicted octanol–water partition coefficient (Wildman–Crippen LogP) is 3.12. The molecule has 2 nitrogen and oxygen atoms in total. The average molecular weight is 243 g/mol. The molecule has 1 rings (SSSR count). The topological polar surface area (TPSA) is 20.3 Å². The van der Waals surface area contributed by atoms with E-state index in [0.717, 1.165) is 0 Å². The summed E-state index contributed by atoms with van der Waals surface area (Å²) < 4.78 is 0. The number of hydrogen-bond donors (Lipinski definition) is 1. The van der Waals surface area contributed by atoms with Crippen LogP contribution >= 0.6 is 12.6 Å². The van der Waals surface area contributed by atoms with Gasteiger partial charge in [-0.1, -0.05) is 39.5 Å². The van der Waals surface area contributed by atoms with E-state index in [4.69, 9.17) is 0 Å². The summed E-state index contributed by atoms with van der Waals surface area (Å²) >= 11 is 4.41. The fraction of sp³-hybridized carbons (Fsp3) is 0.923. The van der Waals surface area contributed by atoms with Crippen molar-refractivity contribution in [2.24, 2.45) is 5.92 Å². The number of carbonyl (C=O) groups excluding carboxylic acids is 1. The van der Waals surface area contributed by atoms with E-state index in [0.29, 0.717) is 12.0 Å². The second kappa shape index (κ2) is 6.53. The molecule has 0 saturated heterocycles.